The zero-order valence-corrected chi connectivity index (χ0v) is 13.3. The first kappa shape index (κ1) is 15.1. The molecule has 0 amide bonds. The third-order valence-electron chi connectivity index (χ3n) is 3.84. The fourth-order valence-corrected chi connectivity index (χ4v) is 2.56. The minimum absolute atomic E-state index is 0.270. The van der Waals surface area contributed by atoms with Crippen LogP contribution in [0.4, 0.5) is 5.69 Å². The molecule has 0 bridgehead atoms. The quantitative estimate of drug-likeness (QED) is 0.674. The number of anilines is 1. The Morgan fingerprint density at radius 3 is 2.52 bits per heavy atom. The van der Waals surface area contributed by atoms with Crippen molar-refractivity contribution in [1.29, 1.82) is 0 Å². The van der Waals surface area contributed by atoms with E-state index in [0.29, 0.717) is 5.56 Å². The largest absolute Gasteiger partial charge is 0.457 e. The number of carbonyl (C=O) groups is 1. The summed E-state index contributed by atoms with van der Waals surface area (Å²) in [4.78, 5) is 14.2. The summed E-state index contributed by atoms with van der Waals surface area (Å²) in [5.74, 6) is -0.304. The fraction of sp³-hybridized carbons (Fsp3) is 0.150. The monoisotopic (exact) mass is 305 g/mol. The van der Waals surface area contributed by atoms with Gasteiger partial charge in [0, 0.05) is 19.8 Å². The predicted octanol–water partition coefficient (Wildman–Crippen LogP) is 4.26. The van der Waals surface area contributed by atoms with Crippen LogP contribution in [0.2, 0.25) is 0 Å². The number of benzene rings is 3. The minimum Gasteiger partial charge on any atom is -0.457 e. The molecule has 0 aromatic heterocycles. The summed E-state index contributed by atoms with van der Waals surface area (Å²) in [6.45, 7) is 0.270. The first-order chi connectivity index (χ1) is 11.1. The topological polar surface area (TPSA) is 29.5 Å². The second kappa shape index (κ2) is 6.53. The lowest BCUT2D eigenvalue weighted by Gasteiger charge is -2.13. The highest BCUT2D eigenvalue weighted by atomic mass is 16.5. The van der Waals surface area contributed by atoms with Gasteiger partial charge in [0.15, 0.2) is 0 Å². The zero-order chi connectivity index (χ0) is 16.2. The third-order valence-corrected chi connectivity index (χ3v) is 3.84. The first-order valence-electron chi connectivity index (χ1n) is 7.56. The molecule has 0 aliphatic heterocycles. The molecule has 0 atom stereocenters. The number of carbonyl (C=O) groups excluding carboxylic acids is 1. The number of hydrogen-bond acceptors (Lipinski definition) is 3. The number of nitrogens with zero attached hydrogens (tertiary/aromatic N) is 1. The Kier molecular flexibility index (Phi) is 4.29. The number of ether oxygens (including phenoxy) is 1. The third kappa shape index (κ3) is 3.34. The number of rotatable bonds is 4. The van der Waals surface area contributed by atoms with Crippen LogP contribution in [-0.4, -0.2) is 20.1 Å². The smallest absolute Gasteiger partial charge is 0.338 e. The summed E-state index contributed by atoms with van der Waals surface area (Å²) < 4.78 is 5.50. The van der Waals surface area contributed by atoms with Crippen molar-refractivity contribution in [3.8, 4) is 0 Å². The molecular weight excluding hydrogens is 286 g/mol. The van der Waals surface area contributed by atoms with Crippen molar-refractivity contribution in [2.75, 3.05) is 19.0 Å². The van der Waals surface area contributed by atoms with Crippen molar-refractivity contribution in [2.45, 2.75) is 6.61 Å². The maximum absolute atomic E-state index is 12.3. The van der Waals surface area contributed by atoms with Gasteiger partial charge in [0.1, 0.15) is 6.61 Å². The molecule has 3 heteroatoms. The predicted molar refractivity (Wildman–Crippen MR) is 93.8 cm³/mol. The Balaban J connectivity index is 1.77. The van der Waals surface area contributed by atoms with Crippen LogP contribution in [0.5, 0.6) is 0 Å². The van der Waals surface area contributed by atoms with Gasteiger partial charge in [0.05, 0.1) is 5.56 Å². The molecule has 0 saturated heterocycles. The van der Waals surface area contributed by atoms with Crippen LogP contribution < -0.4 is 4.90 Å². The highest BCUT2D eigenvalue weighted by molar-refractivity contribution is 5.91. The maximum Gasteiger partial charge on any atom is 0.338 e. The molecule has 3 aromatic carbocycles. The first-order valence-corrected chi connectivity index (χ1v) is 7.56. The van der Waals surface area contributed by atoms with Gasteiger partial charge in [-0.1, -0.05) is 48.5 Å². The molecular formula is C20H19NO2. The van der Waals surface area contributed by atoms with Crippen LogP contribution in [0.1, 0.15) is 15.9 Å². The van der Waals surface area contributed by atoms with Crippen LogP contribution in [0, 0.1) is 0 Å². The average Bonchev–Trinajstić information content (AvgIpc) is 2.59. The molecule has 0 fully saturated rings. The molecule has 0 radical (unpaired) electrons. The number of hydrogen-bond donors (Lipinski definition) is 0. The van der Waals surface area contributed by atoms with E-state index in [4.69, 9.17) is 4.74 Å². The Morgan fingerprint density at radius 1 is 0.957 bits per heavy atom. The summed E-state index contributed by atoms with van der Waals surface area (Å²) in [5.41, 5.74) is 2.56. The van der Waals surface area contributed by atoms with Gasteiger partial charge in [-0.2, -0.15) is 0 Å². The van der Waals surface area contributed by atoms with Crippen molar-refractivity contribution in [3.63, 3.8) is 0 Å². The van der Waals surface area contributed by atoms with Gasteiger partial charge in [-0.3, -0.25) is 0 Å². The average molecular weight is 305 g/mol. The van der Waals surface area contributed by atoms with Gasteiger partial charge < -0.3 is 9.64 Å². The fourth-order valence-electron chi connectivity index (χ4n) is 2.56. The Bertz CT molecular complexity index is 834. The second-order valence-electron chi connectivity index (χ2n) is 5.66. The van der Waals surface area contributed by atoms with Crippen molar-refractivity contribution >= 4 is 22.4 Å². The molecule has 23 heavy (non-hydrogen) atoms. The van der Waals surface area contributed by atoms with Gasteiger partial charge >= 0.3 is 5.97 Å². The van der Waals surface area contributed by atoms with Gasteiger partial charge in [-0.25, -0.2) is 4.79 Å². The molecule has 0 unspecified atom stereocenters. The molecule has 0 heterocycles. The van der Waals surface area contributed by atoms with Crippen molar-refractivity contribution in [1.82, 2.24) is 0 Å². The highest BCUT2D eigenvalue weighted by Gasteiger charge is 2.10. The summed E-state index contributed by atoms with van der Waals surface area (Å²) in [5, 5.41) is 2.26. The molecule has 0 saturated carbocycles. The normalized spacial score (nSPS) is 10.5. The van der Waals surface area contributed by atoms with Gasteiger partial charge in [-0.15, -0.1) is 0 Å². The van der Waals surface area contributed by atoms with Crippen LogP contribution >= 0.6 is 0 Å². The van der Waals surface area contributed by atoms with Crippen LogP contribution in [-0.2, 0) is 11.3 Å². The lowest BCUT2D eigenvalue weighted by Crippen LogP contribution is -2.11. The molecule has 0 spiro atoms. The van der Waals surface area contributed by atoms with Crippen molar-refractivity contribution in [3.05, 3.63) is 77.9 Å². The maximum atomic E-state index is 12.3. The van der Waals surface area contributed by atoms with Gasteiger partial charge in [0.25, 0.3) is 0 Å². The van der Waals surface area contributed by atoms with E-state index in [9.17, 15) is 4.79 Å². The lowest BCUT2D eigenvalue weighted by atomic mass is 10.1. The Morgan fingerprint density at radius 2 is 1.70 bits per heavy atom. The van der Waals surface area contributed by atoms with Crippen LogP contribution in [0.15, 0.2) is 66.7 Å². The van der Waals surface area contributed by atoms with E-state index in [2.05, 4.69) is 12.1 Å². The summed E-state index contributed by atoms with van der Waals surface area (Å²) in [6.07, 6.45) is 0. The molecule has 0 aliphatic carbocycles. The van der Waals surface area contributed by atoms with E-state index in [-0.39, 0.29) is 12.6 Å². The Labute approximate surface area is 136 Å². The van der Waals surface area contributed by atoms with Gasteiger partial charge in [-0.05, 0) is 34.5 Å². The van der Waals surface area contributed by atoms with Crippen LogP contribution in [0.3, 0.4) is 0 Å². The number of fused-ring (bicyclic) bond motifs is 1. The lowest BCUT2D eigenvalue weighted by molar-refractivity contribution is 0.0474. The zero-order valence-electron chi connectivity index (χ0n) is 13.3. The van der Waals surface area contributed by atoms with E-state index >= 15 is 0 Å². The molecule has 0 N–H and O–H groups in total. The Hall–Kier alpha value is -2.81. The summed E-state index contributed by atoms with van der Waals surface area (Å²) in [7, 11) is 3.89. The SMILES string of the molecule is CN(C)c1cccc(C(=O)OCc2cccc3ccccc23)c1. The van der Waals surface area contributed by atoms with Crippen molar-refractivity contribution in [2.24, 2.45) is 0 Å². The van der Waals surface area contributed by atoms with E-state index < -0.39 is 0 Å². The second-order valence-corrected chi connectivity index (χ2v) is 5.66. The van der Waals surface area contributed by atoms with E-state index in [1.165, 1.54) is 0 Å². The molecule has 0 aliphatic rings. The highest BCUT2D eigenvalue weighted by Crippen LogP contribution is 2.20. The molecule has 3 rings (SSSR count). The van der Waals surface area contributed by atoms with Gasteiger partial charge in [0.2, 0.25) is 0 Å². The van der Waals surface area contributed by atoms with E-state index in [1.807, 2.05) is 67.5 Å². The van der Waals surface area contributed by atoms with Crippen molar-refractivity contribution < 1.29 is 9.53 Å². The van der Waals surface area contributed by atoms with E-state index in [0.717, 1.165) is 22.0 Å². The summed E-state index contributed by atoms with van der Waals surface area (Å²) >= 11 is 0. The summed E-state index contributed by atoms with van der Waals surface area (Å²) in [6, 6.07) is 21.6. The number of esters is 1. The minimum atomic E-state index is -0.304. The standard InChI is InChI=1S/C20H19NO2/c1-21(2)18-11-6-9-16(13-18)20(22)23-14-17-10-5-8-15-7-3-4-12-19(15)17/h3-13H,14H2,1-2H3. The molecule has 116 valence electrons. The molecule has 3 aromatic rings. The van der Waals surface area contributed by atoms with Crippen LogP contribution in [0.25, 0.3) is 10.8 Å². The molecule has 3 nitrogen and oxygen atoms in total. The van der Waals surface area contributed by atoms with E-state index in [1.54, 1.807) is 6.07 Å².